The molecule has 0 saturated heterocycles. The maximum atomic E-state index is 12.4. The summed E-state index contributed by atoms with van der Waals surface area (Å²) < 4.78 is 37.2. The first kappa shape index (κ1) is 15.4. The van der Waals surface area contributed by atoms with E-state index in [1.807, 2.05) is 0 Å². The van der Waals surface area contributed by atoms with Crippen molar-refractivity contribution in [3.05, 3.63) is 40.4 Å². The third kappa shape index (κ3) is 4.48. The lowest BCUT2D eigenvalue weighted by atomic mass is 10.2. The van der Waals surface area contributed by atoms with Crippen molar-refractivity contribution in [2.45, 2.75) is 13.1 Å². The molecule has 0 radical (unpaired) electrons. The van der Waals surface area contributed by atoms with Gasteiger partial charge in [-0.05, 0) is 25.1 Å². The van der Waals surface area contributed by atoms with Gasteiger partial charge < -0.3 is 10.4 Å². The molecule has 3 nitrogen and oxygen atoms in total. The number of nitrogens with one attached hydrogen (secondary N) is 1. The highest BCUT2D eigenvalue weighted by molar-refractivity contribution is 6.33. The van der Waals surface area contributed by atoms with Crippen molar-refractivity contribution < 1.29 is 23.1 Å². The van der Waals surface area contributed by atoms with Crippen LogP contribution in [0.4, 0.5) is 18.9 Å². The van der Waals surface area contributed by atoms with E-state index in [0.717, 1.165) is 12.1 Å². The maximum absolute atomic E-state index is 12.4. The van der Waals surface area contributed by atoms with Gasteiger partial charge >= 0.3 is 12.1 Å². The summed E-state index contributed by atoms with van der Waals surface area (Å²) in [5.74, 6) is -1.06. The van der Waals surface area contributed by atoms with E-state index in [9.17, 15) is 18.0 Å². The van der Waals surface area contributed by atoms with Gasteiger partial charge in [-0.3, -0.25) is 0 Å². The van der Waals surface area contributed by atoms with E-state index in [-0.39, 0.29) is 17.1 Å². The first-order valence-electron chi connectivity index (χ1n) is 5.22. The third-order valence-electron chi connectivity index (χ3n) is 2.33. The minimum absolute atomic E-state index is 0.0730. The van der Waals surface area contributed by atoms with E-state index in [1.54, 1.807) is 0 Å². The predicted octanol–water partition coefficient (Wildman–Crippen LogP) is 3.80. The molecular formula is C12H11ClF3NO2. The summed E-state index contributed by atoms with van der Waals surface area (Å²) in [6.45, 7) is 1.57. The normalized spacial score (nSPS) is 12.4. The first-order valence-corrected chi connectivity index (χ1v) is 5.60. The molecule has 0 bridgehead atoms. The largest absolute Gasteiger partial charge is 0.478 e. The lowest BCUT2D eigenvalue weighted by Gasteiger charge is -2.10. The molecule has 19 heavy (non-hydrogen) atoms. The van der Waals surface area contributed by atoms with Crippen molar-refractivity contribution in [3.63, 3.8) is 0 Å². The number of anilines is 1. The fourth-order valence-electron chi connectivity index (χ4n) is 1.24. The van der Waals surface area contributed by atoms with Crippen molar-refractivity contribution in [3.8, 4) is 0 Å². The molecule has 0 fully saturated rings. The van der Waals surface area contributed by atoms with E-state index in [4.69, 9.17) is 16.7 Å². The number of rotatable bonds is 4. The number of carboxylic acid groups (broad SMARTS) is 1. The molecule has 0 unspecified atom stereocenters. The van der Waals surface area contributed by atoms with Crippen molar-refractivity contribution in [1.29, 1.82) is 0 Å². The topological polar surface area (TPSA) is 49.3 Å². The van der Waals surface area contributed by atoms with Gasteiger partial charge in [0.05, 0.1) is 16.3 Å². The van der Waals surface area contributed by atoms with Crippen molar-refractivity contribution in [2.24, 2.45) is 0 Å². The van der Waals surface area contributed by atoms with E-state index in [0.29, 0.717) is 5.69 Å². The second-order valence-corrected chi connectivity index (χ2v) is 4.17. The quantitative estimate of drug-likeness (QED) is 0.830. The second-order valence-electron chi connectivity index (χ2n) is 3.77. The monoisotopic (exact) mass is 293 g/mol. The number of hydrogen-bond acceptors (Lipinski definition) is 2. The second kappa shape index (κ2) is 5.97. The summed E-state index contributed by atoms with van der Waals surface area (Å²) in [6.07, 6.45) is -3.04. The molecule has 1 rings (SSSR count). The van der Waals surface area contributed by atoms with E-state index in [1.165, 1.54) is 19.1 Å². The Morgan fingerprint density at radius 3 is 2.58 bits per heavy atom. The van der Waals surface area contributed by atoms with Crippen LogP contribution in [-0.4, -0.2) is 17.6 Å². The van der Waals surface area contributed by atoms with E-state index < -0.39 is 17.7 Å². The highest BCUT2D eigenvalue weighted by Crippen LogP contribution is 2.33. The molecule has 0 heterocycles. The number of aliphatic carboxylic acids is 1. The highest BCUT2D eigenvalue weighted by atomic mass is 35.5. The Morgan fingerprint density at radius 1 is 1.47 bits per heavy atom. The standard InChI is InChI=1S/C12H11ClF3NO2/c1-7(11(18)19)4-5-17-10-3-2-8(6-9(10)13)12(14,15)16/h2-4,6,17H,5H2,1H3,(H,18,19)/b7-4-. The predicted molar refractivity (Wildman–Crippen MR) is 66.3 cm³/mol. The SMILES string of the molecule is C/C(=C/CNc1ccc(C(F)(F)F)cc1Cl)C(=O)O. The van der Waals surface area contributed by atoms with Crippen molar-refractivity contribution in [1.82, 2.24) is 0 Å². The van der Waals surface area contributed by atoms with Crippen LogP contribution in [0.2, 0.25) is 5.02 Å². The Bertz CT molecular complexity index is 512. The molecule has 0 spiro atoms. The van der Waals surface area contributed by atoms with Crippen LogP contribution in [0.5, 0.6) is 0 Å². The van der Waals surface area contributed by atoms with E-state index >= 15 is 0 Å². The zero-order valence-electron chi connectivity index (χ0n) is 9.88. The molecule has 1 aromatic carbocycles. The molecule has 7 heteroatoms. The number of carbonyl (C=O) groups is 1. The molecule has 0 atom stereocenters. The molecule has 0 aliphatic rings. The summed E-state index contributed by atoms with van der Waals surface area (Å²) >= 11 is 5.71. The van der Waals surface area contributed by atoms with Gasteiger partial charge in [0.1, 0.15) is 0 Å². The van der Waals surface area contributed by atoms with Crippen LogP contribution < -0.4 is 5.32 Å². The van der Waals surface area contributed by atoms with Crippen LogP contribution in [0.15, 0.2) is 29.8 Å². The molecular weight excluding hydrogens is 283 g/mol. The van der Waals surface area contributed by atoms with Gasteiger partial charge in [-0.1, -0.05) is 17.7 Å². The molecule has 0 aliphatic heterocycles. The van der Waals surface area contributed by atoms with Crippen LogP contribution in [0.3, 0.4) is 0 Å². The molecule has 0 aromatic heterocycles. The Morgan fingerprint density at radius 2 is 2.11 bits per heavy atom. The van der Waals surface area contributed by atoms with Crippen LogP contribution >= 0.6 is 11.6 Å². The van der Waals surface area contributed by atoms with Gasteiger partial charge in [0.25, 0.3) is 0 Å². The lowest BCUT2D eigenvalue weighted by Crippen LogP contribution is -2.07. The summed E-state index contributed by atoms with van der Waals surface area (Å²) in [5.41, 5.74) is -0.389. The van der Waals surface area contributed by atoms with E-state index in [2.05, 4.69) is 5.32 Å². The summed E-state index contributed by atoms with van der Waals surface area (Å²) in [5, 5.41) is 11.3. The zero-order chi connectivity index (χ0) is 14.6. The minimum atomic E-state index is -4.44. The van der Waals surface area contributed by atoms with Crippen molar-refractivity contribution in [2.75, 3.05) is 11.9 Å². The van der Waals surface area contributed by atoms with Gasteiger partial charge in [0.2, 0.25) is 0 Å². The Labute approximate surface area is 112 Å². The lowest BCUT2D eigenvalue weighted by molar-refractivity contribution is -0.137. The molecule has 2 N–H and O–H groups in total. The Balaban J connectivity index is 2.77. The van der Waals surface area contributed by atoms with Crippen LogP contribution in [0, 0.1) is 0 Å². The Hall–Kier alpha value is -1.69. The summed E-state index contributed by atoms with van der Waals surface area (Å²) in [7, 11) is 0. The number of carboxylic acids is 1. The van der Waals surface area contributed by atoms with Gasteiger partial charge in [-0.25, -0.2) is 4.79 Å². The third-order valence-corrected chi connectivity index (χ3v) is 2.65. The molecule has 0 aliphatic carbocycles. The van der Waals surface area contributed by atoms with Crippen LogP contribution in [0.1, 0.15) is 12.5 Å². The fraction of sp³-hybridized carbons (Fsp3) is 0.250. The van der Waals surface area contributed by atoms with Gasteiger partial charge in [0.15, 0.2) is 0 Å². The first-order chi connectivity index (χ1) is 8.71. The van der Waals surface area contributed by atoms with Gasteiger partial charge in [0, 0.05) is 12.1 Å². The number of benzene rings is 1. The smallest absolute Gasteiger partial charge is 0.416 e. The molecule has 1 aromatic rings. The number of hydrogen-bond donors (Lipinski definition) is 2. The minimum Gasteiger partial charge on any atom is -0.478 e. The van der Waals surface area contributed by atoms with Crippen LogP contribution in [0.25, 0.3) is 0 Å². The maximum Gasteiger partial charge on any atom is 0.416 e. The van der Waals surface area contributed by atoms with Gasteiger partial charge in [-0.15, -0.1) is 0 Å². The van der Waals surface area contributed by atoms with Crippen molar-refractivity contribution >= 4 is 23.3 Å². The fourth-order valence-corrected chi connectivity index (χ4v) is 1.48. The highest BCUT2D eigenvalue weighted by Gasteiger charge is 2.30. The number of alkyl halides is 3. The summed E-state index contributed by atoms with van der Waals surface area (Å²) in [6, 6.07) is 2.93. The van der Waals surface area contributed by atoms with Gasteiger partial charge in [-0.2, -0.15) is 13.2 Å². The number of halogens is 4. The molecule has 0 amide bonds. The zero-order valence-corrected chi connectivity index (χ0v) is 10.6. The summed E-state index contributed by atoms with van der Waals surface area (Å²) in [4.78, 5) is 10.5. The molecule has 104 valence electrons. The average molecular weight is 294 g/mol. The Kier molecular flexibility index (Phi) is 4.83. The molecule has 0 saturated carbocycles. The van der Waals surface area contributed by atoms with Crippen LogP contribution in [-0.2, 0) is 11.0 Å². The average Bonchev–Trinajstić information content (AvgIpc) is 2.29.